The van der Waals surface area contributed by atoms with Crippen LogP contribution in [0.5, 0.6) is 0 Å². The number of nitrogens with one attached hydrogen (secondary N) is 1. The average molecular weight is 314 g/mol. The minimum absolute atomic E-state index is 0.179. The SMILES string of the molecule is C/C=C/C=C/C(=O)Nc1ccc(I)cn1. The Morgan fingerprint density at radius 2 is 2.27 bits per heavy atom. The van der Waals surface area contributed by atoms with Crippen LogP contribution in [0.2, 0.25) is 0 Å². The number of halogens is 1. The summed E-state index contributed by atoms with van der Waals surface area (Å²) >= 11 is 2.16. The Labute approximate surface area is 102 Å². The summed E-state index contributed by atoms with van der Waals surface area (Å²) in [5, 5.41) is 2.65. The first-order valence-electron chi connectivity index (χ1n) is 4.44. The molecule has 0 saturated carbocycles. The number of hydrogen-bond donors (Lipinski definition) is 1. The lowest BCUT2D eigenvalue weighted by Crippen LogP contribution is -2.08. The second-order valence-electron chi connectivity index (χ2n) is 2.74. The minimum atomic E-state index is -0.179. The van der Waals surface area contributed by atoms with Gasteiger partial charge in [0.25, 0.3) is 0 Å². The van der Waals surface area contributed by atoms with E-state index in [0.29, 0.717) is 5.82 Å². The molecule has 15 heavy (non-hydrogen) atoms. The van der Waals surface area contributed by atoms with E-state index in [-0.39, 0.29) is 5.91 Å². The van der Waals surface area contributed by atoms with Crippen molar-refractivity contribution in [2.24, 2.45) is 0 Å². The molecule has 1 amide bonds. The fourth-order valence-electron chi connectivity index (χ4n) is 0.872. The third kappa shape index (κ3) is 4.73. The lowest BCUT2D eigenvalue weighted by atomic mass is 10.4. The standard InChI is InChI=1S/C11H11IN2O/c1-2-3-4-5-11(15)14-10-7-6-9(12)8-13-10/h2-8H,1H3,(H,13,14,15)/b3-2+,5-4+. The number of aromatic nitrogens is 1. The van der Waals surface area contributed by atoms with Gasteiger partial charge in [0.05, 0.1) is 0 Å². The smallest absolute Gasteiger partial charge is 0.249 e. The van der Waals surface area contributed by atoms with E-state index in [1.165, 1.54) is 6.08 Å². The molecule has 3 nitrogen and oxygen atoms in total. The predicted molar refractivity (Wildman–Crippen MR) is 69.5 cm³/mol. The maximum Gasteiger partial charge on any atom is 0.249 e. The fourth-order valence-corrected chi connectivity index (χ4v) is 1.19. The van der Waals surface area contributed by atoms with Gasteiger partial charge in [0, 0.05) is 15.8 Å². The van der Waals surface area contributed by atoms with Crippen molar-refractivity contribution in [2.75, 3.05) is 5.32 Å². The largest absolute Gasteiger partial charge is 0.307 e. The number of amides is 1. The van der Waals surface area contributed by atoms with Gasteiger partial charge in [-0.25, -0.2) is 4.98 Å². The lowest BCUT2D eigenvalue weighted by Gasteiger charge is -1.99. The number of hydrogen-bond acceptors (Lipinski definition) is 2. The molecule has 0 atom stereocenters. The van der Waals surface area contributed by atoms with Crippen molar-refractivity contribution < 1.29 is 4.79 Å². The lowest BCUT2D eigenvalue weighted by molar-refractivity contribution is -0.111. The molecule has 1 heterocycles. The Kier molecular flexibility index (Phi) is 5.03. The number of allylic oxidation sites excluding steroid dienone is 3. The molecule has 1 aromatic heterocycles. The summed E-state index contributed by atoms with van der Waals surface area (Å²) in [6.07, 6.45) is 8.49. The monoisotopic (exact) mass is 314 g/mol. The minimum Gasteiger partial charge on any atom is -0.307 e. The van der Waals surface area contributed by atoms with Crippen LogP contribution in [0.25, 0.3) is 0 Å². The van der Waals surface area contributed by atoms with Gasteiger partial charge in [-0.3, -0.25) is 4.79 Å². The molecular weight excluding hydrogens is 303 g/mol. The molecule has 0 aliphatic rings. The quantitative estimate of drug-likeness (QED) is 0.529. The number of carbonyl (C=O) groups is 1. The maximum absolute atomic E-state index is 11.3. The second-order valence-corrected chi connectivity index (χ2v) is 3.98. The first-order valence-corrected chi connectivity index (χ1v) is 5.52. The first-order chi connectivity index (χ1) is 7.22. The van der Waals surface area contributed by atoms with Crippen LogP contribution in [0.1, 0.15) is 6.92 Å². The van der Waals surface area contributed by atoms with Crippen LogP contribution >= 0.6 is 22.6 Å². The second kappa shape index (κ2) is 6.34. The number of nitrogens with zero attached hydrogens (tertiary/aromatic N) is 1. The Morgan fingerprint density at radius 1 is 1.47 bits per heavy atom. The molecule has 4 heteroatoms. The van der Waals surface area contributed by atoms with Gasteiger partial charge < -0.3 is 5.32 Å². The van der Waals surface area contributed by atoms with Crippen molar-refractivity contribution in [1.82, 2.24) is 4.98 Å². The van der Waals surface area contributed by atoms with E-state index in [2.05, 4.69) is 32.9 Å². The molecule has 1 rings (SSSR count). The van der Waals surface area contributed by atoms with E-state index >= 15 is 0 Å². The van der Waals surface area contributed by atoms with Crippen molar-refractivity contribution in [3.8, 4) is 0 Å². The summed E-state index contributed by atoms with van der Waals surface area (Å²) in [6, 6.07) is 3.65. The molecule has 0 bridgehead atoms. The summed E-state index contributed by atoms with van der Waals surface area (Å²) < 4.78 is 1.04. The molecule has 0 radical (unpaired) electrons. The van der Waals surface area contributed by atoms with Crippen LogP contribution < -0.4 is 5.32 Å². The Bertz CT molecular complexity index is 382. The first kappa shape index (κ1) is 11.9. The molecule has 78 valence electrons. The third-order valence-corrected chi connectivity index (χ3v) is 2.17. The molecule has 1 N–H and O–H groups in total. The molecule has 0 saturated heterocycles. The van der Waals surface area contributed by atoms with Crippen molar-refractivity contribution in [1.29, 1.82) is 0 Å². The van der Waals surface area contributed by atoms with Crippen LogP contribution in [0, 0.1) is 3.57 Å². The Hall–Kier alpha value is -1.17. The van der Waals surface area contributed by atoms with Crippen LogP contribution in [0.15, 0.2) is 42.6 Å². The van der Waals surface area contributed by atoms with E-state index in [9.17, 15) is 4.79 Å². The Balaban J connectivity index is 2.55. The number of pyridine rings is 1. The summed E-state index contributed by atoms with van der Waals surface area (Å²) in [7, 11) is 0. The Morgan fingerprint density at radius 3 is 2.87 bits per heavy atom. The normalized spacial score (nSPS) is 11.1. The van der Waals surface area contributed by atoms with Gasteiger partial charge in [0.1, 0.15) is 5.82 Å². The summed E-state index contributed by atoms with van der Waals surface area (Å²) in [5.74, 6) is 0.382. The fraction of sp³-hybridized carbons (Fsp3) is 0.0909. The third-order valence-electron chi connectivity index (χ3n) is 1.53. The number of carbonyl (C=O) groups excluding carboxylic acids is 1. The molecule has 0 aliphatic heterocycles. The topological polar surface area (TPSA) is 42.0 Å². The highest BCUT2D eigenvalue weighted by molar-refractivity contribution is 14.1. The van der Waals surface area contributed by atoms with E-state index < -0.39 is 0 Å². The van der Waals surface area contributed by atoms with Crippen LogP contribution in [0.3, 0.4) is 0 Å². The summed E-state index contributed by atoms with van der Waals surface area (Å²) in [4.78, 5) is 15.4. The van der Waals surface area contributed by atoms with E-state index in [4.69, 9.17) is 0 Å². The predicted octanol–water partition coefficient (Wildman–Crippen LogP) is 2.76. The molecule has 1 aromatic rings. The van der Waals surface area contributed by atoms with Crippen molar-refractivity contribution in [3.05, 3.63) is 46.2 Å². The zero-order valence-electron chi connectivity index (χ0n) is 8.27. The molecule has 0 unspecified atom stereocenters. The molecule has 0 fully saturated rings. The number of anilines is 1. The van der Waals surface area contributed by atoms with E-state index in [0.717, 1.165) is 3.57 Å². The van der Waals surface area contributed by atoms with Gasteiger partial charge in [-0.2, -0.15) is 0 Å². The van der Waals surface area contributed by atoms with Gasteiger partial charge >= 0.3 is 0 Å². The highest BCUT2D eigenvalue weighted by Gasteiger charge is 1.97. The van der Waals surface area contributed by atoms with Crippen LogP contribution in [-0.2, 0) is 4.79 Å². The highest BCUT2D eigenvalue weighted by Crippen LogP contribution is 2.06. The van der Waals surface area contributed by atoms with Gasteiger partial charge in [-0.1, -0.05) is 18.2 Å². The molecule has 0 aromatic carbocycles. The van der Waals surface area contributed by atoms with E-state index in [1.54, 1.807) is 24.4 Å². The maximum atomic E-state index is 11.3. The number of rotatable bonds is 3. The van der Waals surface area contributed by atoms with Crippen molar-refractivity contribution >= 4 is 34.3 Å². The van der Waals surface area contributed by atoms with Crippen molar-refractivity contribution in [2.45, 2.75) is 6.92 Å². The average Bonchev–Trinajstić information content (AvgIpc) is 2.22. The van der Waals surface area contributed by atoms with Gasteiger partial charge in [0.2, 0.25) is 5.91 Å². The molecule has 0 aliphatic carbocycles. The molecule has 0 spiro atoms. The van der Waals surface area contributed by atoms with Crippen LogP contribution in [0.4, 0.5) is 5.82 Å². The van der Waals surface area contributed by atoms with Crippen molar-refractivity contribution in [3.63, 3.8) is 0 Å². The highest BCUT2D eigenvalue weighted by atomic mass is 127. The van der Waals surface area contributed by atoms with Gasteiger partial charge in [-0.15, -0.1) is 0 Å². The zero-order valence-corrected chi connectivity index (χ0v) is 10.4. The molecular formula is C11H11IN2O. The zero-order chi connectivity index (χ0) is 11.1. The van der Waals surface area contributed by atoms with E-state index in [1.807, 2.05) is 19.1 Å². The van der Waals surface area contributed by atoms with Gasteiger partial charge in [-0.05, 0) is 41.6 Å². The van der Waals surface area contributed by atoms with Gasteiger partial charge in [0.15, 0.2) is 0 Å². The summed E-state index contributed by atoms with van der Waals surface area (Å²) in [5.41, 5.74) is 0. The van der Waals surface area contributed by atoms with Crippen LogP contribution in [-0.4, -0.2) is 10.9 Å². The summed E-state index contributed by atoms with van der Waals surface area (Å²) in [6.45, 7) is 1.89.